The van der Waals surface area contributed by atoms with Gasteiger partial charge in [0, 0.05) is 5.39 Å². The summed E-state index contributed by atoms with van der Waals surface area (Å²) in [7, 11) is 0. The van der Waals surface area contributed by atoms with Crippen LogP contribution >= 0.6 is 0 Å². The minimum atomic E-state index is -0.0135. The van der Waals surface area contributed by atoms with Crippen LogP contribution in [0, 0.1) is 0 Å². The van der Waals surface area contributed by atoms with Gasteiger partial charge in [-0.15, -0.1) is 0 Å². The fourth-order valence-corrected chi connectivity index (χ4v) is 1.77. The second-order valence-electron chi connectivity index (χ2n) is 3.97. The standard InChI is InChI=1S/C15H10N2O/c18-13-8-6-12(7-9-13)16-15-10-5-11-3-1-2-4-14(11)17-15/h1-10H. The van der Waals surface area contributed by atoms with Crippen molar-refractivity contribution in [1.82, 2.24) is 4.98 Å². The number of aromatic nitrogens is 1. The number of allylic oxidation sites excluding steroid dienone is 4. The third-order valence-corrected chi connectivity index (χ3v) is 2.66. The lowest BCUT2D eigenvalue weighted by Crippen LogP contribution is -1.98. The Kier molecular flexibility index (Phi) is 2.57. The maximum atomic E-state index is 11.0. The summed E-state index contributed by atoms with van der Waals surface area (Å²) in [6, 6.07) is 11.8. The smallest absolute Gasteiger partial charge is 0.178 e. The molecule has 0 fully saturated rings. The van der Waals surface area contributed by atoms with Crippen LogP contribution in [0.25, 0.3) is 10.9 Å². The molecule has 0 amide bonds. The Morgan fingerprint density at radius 1 is 0.889 bits per heavy atom. The number of para-hydroxylation sites is 1. The summed E-state index contributed by atoms with van der Waals surface area (Å²) in [6.07, 6.45) is 6.39. The van der Waals surface area contributed by atoms with Crippen molar-refractivity contribution < 1.29 is 4.79 Å². The van der Waals surface area contributed by atoms with Gasteiger partial charge >= 0.3 is 0 Å². The van der Waals surface area contributed by atoms with Crippen LogP contribution in [-0.4, -0.2) is 16.5 Å². The van der Waals surface area contributed by atoms with Gasteiger partial charge in [-0.2, -0.15) is 0 Å². The molecule has 0 unspecified atom stereocenters. The highest BCUT2D eigenvalue weighted by Crippen LogP contribution is 2.17. The van der Waals surface area contributed by atoms with Crippen molar-refractivity contribution in [2.24, 2.45) is 4.99 Å². The van der Waals surface area contributed by atoms with E-state index in [4.69, 9.17) is 0 Å². The van der Waals surface area contributed by atoms with Crippen LogP contribution in [0.3, 0.4) is 0 Å². The molecule has 3 heteroatoms. The lowest BCUT2D eigenvalue weighted by molar-refractivity contribution is -0.110. The summed E-state index contributed by atoms with van der Waals surface area (Å²) in [5.74, 6) is 0.632. The molecule has 0 bridgehead atoms. The Morgan fingerprint density at radius 2 is 1.67 bits per heavy atom. The average molecular weight is 234 g/mol. The largest absolute Gasteiger partial charge is 0.290 e. The normalized spacial score (nSPS) is 14.2. The minimum Gasteiger partial charge on any atom is -0.290 e. The van der Waals surface area contributed by atoms with Crippen LogP contribution in [0.4, 0.5) is 5.82 Å². The molecule has 0 saturated heterocycles. The number of benzene rings is 1. The fraction of sp³-hybridized carbons (Fsp3) is 0. The van der Waals surface area contributed by atoms with Crippen LogP contribution in [0.1, 0.15) is 0 Å². The van der Waals surface area contributed by atoms with Gasteiger partial charge < -0.3 is 0 Å². The van der Waals surface area contributed by atoms with Crippen molar-refractivity contribution in [3.8, 4) is 0 Å². The van der Waals surface area contributed by atoms with E-state index in [9.17, 15) is 4.79 Å². The first-order valence-corrected chi connectivity index (χ1v) is 5.66. The van der Waals surface area contributed by atoms with E-state index in [1.165, 1.54) is 12.2 Å². The maximum Gasteiger partial charge on any atom is 0.178 e. The predicted molar refractivity (Wildman–Crippen MR) is 72.1 cm³/mol. The SMILES string of the molecule is O=C1C=CC(=Nc2ccc3ccccc3n2)C=C1. The summed E-state index contributed by atoms with van der Waals surface area (Å²) in [5, 5.41) is 1.09. The van der Waals surface area contributed by atoms with E-state index in [0.29, 0.717) is 5.82 Å². The monoisotopic (exact) mass is 234 g/mol. The zero-order valence-corrected chi connectivity index (χ0v) is 9.58. The zero-order chi connectivity index (χ0) is 12.4. The van der Waals surface area contributed by atoms with Gasteiger partial charge in [0.15, 0.2) is 11.6 Å². The molecule has 86 valence electrons. The minimum absolute atomic E-state index is 0.0135. The van der Waals surface area contributed by atoms with Gasteiger partial charge in [-0.1, -0.05) is 18.2 Å². The first kappa shape index (κ1) is 10.6. The van der Waals surface area contributed by atoms with E-state index in [1.54, 1.807) is 12.2 Å². The van der Waals surface area contributed by atoms with Crippen molar-refractivity contribution in [2.75, 3.05) is 0 Å². The second-order valence-corrected chi connectivity index (χ2v) is 3.97. The molecule has 0 aliphatic heterocycles. The van der Waals surface area contributed by atoms with Crippen LogP contribution < -0.4 is 0 Å². The van der Waals surface area contributed by atoms with Gasteiger partial charge in [0.05, 0.1) is 11.2 Å². The van der Waals surface area contributed by atoms with E-state index in [1.807, 2.05) is 36.4 Å². The number of hydrogen-bond acceptors (Lipinski definition) is 3. The van der Waals surface area contributed by atoms with E-state index < -0.39 is 0 Å². The summed E-state index contributed by atoms with van der Waals surface area (Å²) < 4.78 is 0. The fourth-order valence-electron chi connectivity index (χ4n) is 1.77. The number of hydrogen-bond donors (Lipinski definition) is 0. The number of rotatable bonds is 1. The van der Waals surface area contributed by atoms with Gasteiger partial charge in [-0.25, -0.2) is 9.98 Å². The molecule has 1 heterocycles. The van der Waals surface area contributed by atoms with Crippen molar-refractivity contribution in [3.63, 3.8) is 0 Å². The number of carbonyl (C=O) groups is 1. The molecule has 1 aromatic carbocycles. The first-order chi connectivity index (χ1) is 8.81. The number of nitrogens with zero attached hydrogens (tertiary/aromatic N) is 2. The van der Waals surface area contributed by atoms with Crippen molar-refractivity contribution in [3.05, 3.63) is 60.7 Å². The molecule has 0 saturated carbocycles. The lowest BCUT2D eigenvalue weighted by atomic mass is 10.1. The zero-order valence-electron chi connectivity index (χ0n) is 9.58. The van der Waals surface area contributed by atoms with E-state index in [2.05, 4.69) is 9.98 Å². The van der Waals surface area contributed by atoms with Crippen LogP contribution in [0.5, 0.6) is 0 Å². The Bertz CT molecular complexity index is 693. The molecular weight excluding hydrogens is 224 g/mol. The van der Waals surface area contributed by atoms with Gasteiger partial charge in [0.25, 0.3) is 0 Å². The molecule has 3 rings (SSSR count). The van der Waals surface area contributed by atoms with E-state index >= 15 is 0 Å². The molecule has 0 spiro atoms. The van der Waals surface area contributed by atoms with Gasteiger partial charge in [-0.3, -0.25) is 4.79 Å². The topological polar surface area (TPSA) is 42.3 Å². The molecule has 1 aliphatic carbocycles. The van der Waals surface area contributed by atoms with E-state index in [-0.39, 0.29) is 5.78 Å². The number of pyridine rings is 1. The highest BCUT2D eigenvalue weighted by Gasteiger charge is 2.01. The Labute approximate surface area is 104 Å². The predicted octanol–water partition coefficient (Wildman–Crippen LogP) is 3.00. The maximum absolute atomic E-state index is 11.0. The van der Waals surface area contributed by atoms with Gasteiger partial charge in [0.1, 0.15) is 0 Å². The third kappa shape index (κ3) is 2.11. The van der Waals surface area contributed by atoms with Crippen LogP contribution in [0.2, 0.25) is 0 Å². The van der Waals surface area contributed by atoms with Crippen LogP contribution in [0.15, 0.2) is 65.7 Å². The lowest BCUT2D eigenvalue weighted by Gasteiger charge is -2.01. The van der Waals surface area contributed by atoms with Gasteiger partial charge in [-0.05, 0) is 42.5 Å². The van der Waals surface area contributed by atoms with Gasteiger partial charge in [0.2, 0.25) is 0 Å². The summed E-state index contributed by atoms with van der Waals surface area (Å²) in [4.78, 5) is 19.8. The molecular formula is C15H10N2O. The van der Waals surface area contributed by atoms with Crippen molar-refractivity contribution >= 4 is 28.2 Å². The first-order valence-electron chi connectivity index (χ1n) is 5.66. The molecule has 3 nitrogen and oxygen atoms in total. The second kappa shape index (κ2) is 4.37. The summed E-state index contributed by atoms with van der Waals surface area (Å²) in [5.41, 5.74) is 1.65. The molecule has 2 aromatic rings. The highest BCUT2D eigenvalue weighted by molar-refractivity contribution is 6.17. The Balaban J connectivity index is 2.00. The van der Waals surface area contributed by atoms with E-state index in [0.717, 1.165) is 16.6 Å². The molecule has 1 aromatic heterocycles. The summed E-state index contributed by atoms with van der Waals surface area (Å²) >= 11 is 0. The van der Waals surface area contributed by atoms with Crippen LogP contribution in [-0.2, 0) is 4.79 Å². The average Bonchev–Trinajstić information content (AvgIpc) is 2.41. The number of carbonyl (C=O) groups excluding carboxylic acids is 1. The number of aliphatic imine (C=N–C) groups is 1. The van der Waals surface area contributed by atoms with Crippen molar-refractivity contribution in [1.29, 1.82) is 0 Å². The molecule has 0 atom stereocenters. The number of fused-ring (bicyclic) bond motifs is 1. The molecule has 0 radical (unpaired) electrons. The molecule has 18 heavy (non-hydrogen) atoms. The molecule has 0 N–H and O–H groups in total. The summed E-state index contributed by atoms with van der Waals surface area (Å²) in [6.45, 7) is 0. The molecule has 1 aliphatic rings. The number of ketones is 1. The third-order valence-electron chi connectivity index (χ3n) is 2.66. The van der Waals surface area contributed by atoms with Crippen molar-refractivity contribution in [2.45, 2.75) is 0 Å². The highest BCUT2D eigenvalue weighted by atomic mass is 16.1. The Morgan fingerprint density at radius 3 is 2.50 bits per heavy atom. The Hall–Kier alpha value is -2.55. The quantitative estimate of drug-likeness (QED) is 0.712.